The van der Waals surface area contributed by atoms with Gasteiger partial charge in [-0.3, -0.25) is 0 Å². The fraction of sp³-hybridized carbons (Fsp3) is 0.588. The Morgan fingerprint density at radius 3 is 2.62 bits per heavy atom. The summed E-state index contributed by atoms with van der Waals surface area (Å²) in [5.41, 5.74) is 1.02. The van der Waals surface area contributed by atoms with Crippen LogP contribution in [0.1, 0.15) is 32.8 Å². The third kappa shape index (κ3) is 9.54. The van der Waals surface area contributed by atoms with Crippen LogP contribution in [0, 0.1) is 0 Å². The maximum absolute atomic E-state index is 6.02. The van der Waals surface area contributed by atoms with Crippen LogP contribution in [0.2, 0.25) is 5.02 Å². The lowest BCUT2D eigenvalue weighted by Crippen LogP contribution is -2.38. The first kappa shape index (κ1) is 23.3. The summed E-state index contributed by atoms with van der Waals surface area (Å²) < 4.78 is 11.0. The summed E-state index contributed by atoms with van der Waals surface area (Å²) in [5, 5.41) is 7.21. The third-order valence-corrected chi connectivity index (χ3v) is 3.28. The molecule has 0 atom stereocenters. The van der Waals surface area contributed by atoms with Crippen molar-refractivity contribution in [3.63, 3.8) is 0 Å². The van der Waals surface area contributed by atoms with Crippen LogP contribution >= 0.6 is 35.6 Å². The van der Waals surface area contributed by atoms with Crippen LogP contribution in [0.3, 0.4) is 0 Å². The Labute approximate surface area is 167 Å². The number of nitrogens with one attached hydrogen (secondary N) is 2. The van der Waals surface area contributed by atoms with Crippen molar-refractivity contribution in [3.05, 3.63) is 28.8 Å². The van der Waals surface area contributed by atoms with Gasteiger partial charge < -0.3 is 20.1 Å². The van der Waals surface area contributed by atoms with Gasteiger partial charge in [-0.2, -0.15) is 0 Å². The summed E-state index contributed by atoms with van der Waals surface area (Å²) in [6, 6.07) is 5.64. The zero-order valence-corrected chi connectivity index (χ0v) is 17.8. The number of benzene rings is 1. The van der Waals surface area contributed by atoms with Gasteiger partial charge in [0.15, 0.2) is 5.96 Å². The standard InChI is InChI=1S/C17H28ClN3O2.HI/c1-4-19-17(20-10-7-11-22-5-2)21-13-14-8-9-15(18)12-16(14)23-6-3;/h8-9,12H,4-7,10-11,13H2,1-3H3,(H2,19,20,21);1H. The summed E-state index contributed by atoms with van der Waals surface area (Å²) in [6.07, 6.45) is 0.948. The molecule has 24 heavy (non-hydrogen) atoms. The van der Waals surface area contributed by atoms with E-state index in [0.717, 1.165) is 50.0 Å². The molecule has 0 aromatic heterocycles. The number of hydrogen-bond acceptors (Lipinski definition) is 3. The van der Waals surface area contributed by atoms with Gasteiger partial charge in [0.05, 0.1) is 13.2 Å². The van der Waals surface area contributed by atoms with Crippen molar-refractivity contribution in [3.8, 4) is 5.75 Å². The fourth-order valence-electron chi connectivity index (χ4n) is 1.98. The Balaban J connectivity index is 0.00000529. The molecular weight excluding hydrogens is 441 g/mol. The third-order valence-electron chi connectivity index (χ3n) is 3.04. The quantitative estimate of drug-likeness (QED) is 0.237. The second-order valence-corrected chi connectivity index (χ2v) is 5.29. The predicted octanol–water partition coefficient (Wildman–Crippen LogP) is 3.84. The maximum Gasteiger partial charge on any atom is 0.191 e. The molecule has 0 heterocycles. The van der Waals surface area contributed by atoms with E-state index in [-0.39, 0.29) is 24.0 Å². The largest absolute Gasteiger partial charge is 0.493 e. The molecule has 1 aromatic carbocycles. The minimum Gasteiger partial charge on any atom is -0.493 e. The molecule has 0 saturated carbocycles. The predicted molar refractivity (Wildman–Crippen MR) is 112 cm³/mol. The lowest BCUT2D eigenvalue weighted by atomic mass is 10.2. The Morgan fingerprint density at radius 1 is 1.17 bits per heavy atom. The number of nitrogens with zero attached hydrogens (tertiary/aromatic N) is 1. The first-order valence-corrected chi connectivity index (χ1v) is 8.60. The maximum atomic E-state index is 6.02. The van der Waals surface area contributed by atoms with Gasteiger partial charge in [-0.1, -0.05) is 17.7 Å². The summed E-state index contributed by atoms with van der Waals surface area (Å²) in [5.74, 6) is 1.58. The van der Waals surface area contributed by atoms with Crippen LogP contribution in [0.5, 0.6) is 5.75 Å². The first-order chi connectivity index (χ1) is 11.2. The molecule has 1 rings (SSSR count). The van der Waals surface area contributed by atoms with Gasteiger partial charge in [0, 0.05) is 36.9 Å². The number of halogens is 2. The van der Waals surface area contributed by atoms with Crippen molar-refractivity contribution < 1.29 is 9.47 Å². The number of aliphatic imine (C=N–C) groups is 1. The summed E-state index contributed by atoms with van der Waals surface area (Å²) in [6.45, 7) is 10.3. The van der Waals surface area contributed by atoms with E-state index in [1.54, 1.807) is 0 Å². The van der Waals surface area contributed by atoms with E-state index in [9.17, 15) is 0 Å². The molecule has 0 aliphatic carbocycles. The average Bonchev–Trinajstić information content (AvgIpc) is 2.54. The molecule has 0 fully saturated rings. The topological polar surface area (TPSA) is 54.9 Å². The highest BCUT2D eigenvalue weighted by molar-refractivity contribution is 14.0. The zero-order chi connectivity index (χ0) is 16.9. The minimum absolute atomic E-state index is 0. The molecule has 0 radical (unpaired) electrons. The van der Waals surface area contributed by atoms with Crippen LogP contribution in [0.4, 0.5) is 0 Å². The van der Waals surface area contributed by atoms with E-state index < -0.39 is 0 Å². The molecule has 0 aliphatic heterocycles. The molecule has 1 aromatic rings. The Hall–Kier alpha value is -0.730. The smallest absolute Gasteiger partial charge is 0.191 e. The van der Waals surface area contributed by atoms with Gasteiger partial charge in [-0.05, 0) is 39.3 Å². The van der Waals surface area contributed by atoms with Gasteiger partial charge >= 0.3 is 0 Å². The second kappa shape index (κ2) is 14.6. The highest BCUT2D eigenvalue weighted by atomic mass is 127. The Kier molecular flexibility index (Phi) is 14.2. The van der Waals surface area contributed by atoms with E-state index >= 15 is 0 Å². The van der Waals surface area contributed by atoms with Crippen molar-refractivity contribution in [2.24, 2.45) is 4.99 Å². The van der Waals surface area contributed by atoms with Gasteiger partial charge in [0.1, 0.15) is 5.75 Å². The molecule has 0 bridgehead atoms. The first-order valence-electron chi connectivity index (χ1n) is 8.22. The van der Waals surface area contributed by atoms with Gasteiger partial charge in [0.2, 0.25) is 0 Å². The molecule has 5 nitrogen and oxygen atoms in total. The molecule has 0 spiro atoms. The van der Waals surface area contributed by atoms with Crippen LogP contribution < -0.4 is 15.4 Å². The normalized spacial score (nSPS) is 10.9. The van der Waals surface area contributed by atoms with Crippen molar-refractivity contribution in [1.82, 2.24) is 10.6 Å². The lowest BCUT2D eigenvalue weighted by molar-refractivity contribution is 0.145. The second-order valence-electron chi connectivity index (χ2n) is 4.86. The fourth-order valence-corrected chi connectivity index (χ4v) is 2.14. The molecule has 2 N–H and O–H groups in total. The molecule has 138 valence electrons. The number of hydrogen-bond donors (Lipinski definition) is 2. The Bertz CT molecular complexity index is 487. The molecule has 0 amide bonds. The van der Waals surface area contributed by atoms with Gasteiger partial charge in [-0.15, -0.1) is 24.0 Å². The van der Waals surface area contributed by atoms with Crippen LogP contribution in [-0.4, -0.2) is 38.9 Å². The number of ether oxygens (including phenoxy) is 2. The highest BCUT2D eigenvalue weighted by Gasteiger charge is 2.05. The van der Waals surface area contributed by atoms with Crippen LogP contribution in [-0.2, 0) is 11.3 Å². The molecule has 7 heteroatoms. The van der Waals surface area contributed by atoms with Crippen LogP contribution in [0.15, 0.2) is 23.2 Å². The number of guanidine groups is 1. The monoisotopic (exact) mass is 469 g/mol. The lowest BCUT2D eigenvalue weighted by Gasteiger charge is -2.13. The minimum atomic E-state index is 0. The van der Waals surface area contributed by atoms with E-state index in [1.807, 2.05) is 39.0 Å². The molecule has 0 saturated heterocycles. The van der Waals surface area contributed by atoms with Crippen molar-refractivity contribution in [1.29, 1.82) is 0 Å². The summed E-state index contributed by atoms with van der Waals surface area (Å²) in [4.78, 5) is 4.60. The molecule has 0 unspecified atom stereocenters. The van der Waals surface area contributed by atoms with Crippen molar-refractivity contribution in [2.75, 3.05) is 32.9 Å². The molecular formula is C17H29ClIN3O2. The zero-order valence-electron chi connectivity index (χ0n) is 14.7. The summed E-state index contributed by atoms with van der Waals surface area (Å²) >= 11 is 6.02. The van der Waals surface area contributed by atoms with Gasteiger partial charge in [0.25, 0.3) is 0 Å². The SMILES string of the molecule is CCNC(=NCc1ccc(Cl)cc1OCC)NCCCOCC.I. The Morgan fingerprint density at radius 2 is 1.96 bits per heavy atom. The average molecular weight is 470 g/mol. The number of rotatable bonds is 10. The van der Waals surface area contributed by atoms with E-state index in [2.05, 4.69) is 15.6 Å². The van der Waals surface area contributed by atoms with E-state index in [0.29, 0.717) is 18.2 Å². The van der Waals surface area contributed by atoms with Crippen LogP contribution in [0.25, 0.3) is 0 Å². The molecule has 0 aliphatic rings. The van der Waals surface area contributed by atoms with Crippen molar-refractivity contribution >= 4 is 41.5 Å². The van der Waals surface area contributed by atoms with E-state index in [4.69, 9.17) is 21.1 Å². The summed E-state index contributed by atoms with van der Waals surface area (Å²) in [7, 11) is 0. The van der Waals surface area contributed by atoms with Gasteiger partial charge in [-0.25, -0.2) is 4.99 Å². The van der Waals surface area contributed by atoms with Crippen molar-refractivity contribution in [2.45, 2.75) is 33.7 Å². The van der Waals surface area contributed by atoms with E-state index in [1.165, 1.54) is 0 Å². The highest BCUT2D eigenvalue weighted by Crippen LogP contribution is 2.24.